The van der Waals surface area contributed by atoms with E-state index in [0.29, 0.717) is 0 Å². The zero-order valence-electron chi connectivity index (χ0n) is 9.99. The van der Waals surface area contributed by atoms with Gasteiger partial charge in [-0.15, -0.1) is 0 Å². The van der Waals surface area contributed by atoms with Gasteiger partial charge in [0.1, 0.15) is 6.54 Å². The number of aliphatic hydroxyl groups is 1. The van der Waals surface area contributed by atoms with Gasteiger partial charge in [-0.1, -0.05) is 19.3 Å². The Morgan fingerprint density at radius 1 is 1.13 bits per heavy atom. The zero-order valence-corrected chi connectivity index (χ0v) is 9.99. The van der Waals surface area contributed by atoms with E-state index < -0.39 is 0 Å². The molecule has 2 fully saturated rings. The topological polar surface area (TPSA) is 36.8 Å². The minimum absolute atomic E-state index is 0.144. The van der Waals surface area contributed by atoms with Gasteiger partial charge in [-0.05, 0) is 38.0 Å². The maximum absolute atomic E-state index is 9.28. The molecular formula is C13H26NO+. The van der Waals surface area contributed by atoms with Crippen LogP contribution in [0.1, 0.15) is 51.9 Å². The Labute approximate surface area is 93.5 Å². The fraction of sp³-hybridized carbons (Fsp3) is 1.00. The van der Waals surface area contributed by atoms with Gasteiger partial charge in [0.2, 0.25) is 0 Å². The number of nitrogens with two attached hydrogens (primary N) is 1. The fourth-order valence-corrected chi connectivity index (χ4v) is 3.51. The predicted molar refractivity (Wildman–Crippen MR) is 61.6 cm³/mol. The lowest BCUT2D eigenvalue weighted by atomic mass is 9.69. The first-order chi connectivity index (χ1) is 7.25. The van der Waals surface area contributed by atoms with Crippen molar-refractivity contribution in [1.29, 1.82) is 0 Å². The second-order valence-corrected chi connectivity index (χ2v) is 5.70. The van der Waals surface area contributed by atoms with Gasteiger partial charge in [0, 0.05) is 6.42 Å². The molecule has 0 aromatic carbocycles. The second-order valence-electron chi connectivity index (χ2n) is 5.70. The first kappa shape index (κ1) is 11.4. The van der Waals surface area contributed by atoms with Gasteiger partial charge in [-0.3, -0.25) is 0 Å². The average molecular weight is 212 g/mol. The van der Waals surface area contributed by atoms with Crippen LogP contribution in [0.25, 0.3) is 0 Å². The lowest BCUT2D eigenvalue weighted by Gasteiger charge is -2.38. The zero-order chi connectivity index (χ0) is 10.7. The van der Waals surface area contributed by atoms with Gasteiger partial charge in [-0.2, -0.15) is 0 Å². The maximum atomic E-state index is 9.28. The number of hydrogen-bond donors (Lipinski definition) is 2. The molecule has 4 atom stereocenters. The van der Waals surface area contributed by atoms with Crippen molar-refractivity contribution in [3.05, 3.63) is 0 Å². The van der Waals surface area contributed by atoms with E-state index in [1.807, 2.05) is 6.92 Å². The molecule has 0 unspecified atom stereocenters. The smallest absolute Gasteiger partial charge is 0.102 e. The molecule has 2 rings (SSSR count). The highest BCUT2D eigenvalue weighted by atomic mass is 16.3. The summed E-state index contributed by atoms with van der Waals surface area (Å²) in [4.78, 5) is 0. The van der Waals surface area contributed by atoms with Crippen LogP contribution >= 0.6 is 0 Å². The maximum Gasteiger partial charge on any atom is 0.102 e. The number of quaternary nitrogens is 1. The normalized spacial score (nSPS) is 38.4. The molecule has 2 saturated carbocycles. The van der Waals surface area contributed by atoms with E-state index in [2.05, 4.69) is 5.32 Å². The standard InChI is InChI=1S/C13H25NO/c1-10(15)9-14-13-7-6-11-4-2-3-5-12(11)8-13/h10-15H,2-9H2,1H3/p+1/t10-,11-,12+,13-/m0/s1. The largest absolute Gasteiger partial charge is 0.388 e. The van der Waals surface area contributed by atoms with E-state index in [1.54, 1.807) is 0 Å². The summed E-state index contributed by atoms with van der Waals surface area (Å²) in [5.74, 6) is 2.07. The lowest BCUT2D eigenvalue weighted by Crippen LogP contribution is -2.92. The SMILES string of the molecule is C[C@H](O)C[NH2+][C@H]1CC[C@@H]2CCCC[C@@H]2C1. The van der Waals surface area contributed by atoms with Gasteiger partial charge in [-0.25, -0.2) is 0 Å². The summed E-state index contributed by atoms with van der Waals surface area (Å²) < 4.78 is 0. The van der Waals surface area contributed by atoms with Crippen molar-refractivity contribution < 1.29 is 10.4 Å². The van der Waals surface area contributed by atoms with Crippen molar-refractivity contribution >= 4 is 0 Å². The third-order valence-corrected chi connectivity index (χ3v) is 4.39. The van der Waals surface area contributed by atoms with Crippen molar-refractivity contribution in [3.8, 4) is 0 Å². The van der Waals surface area contributed by atoms with Crippen molar-refractivity contribution in [2.24, 2.45) is 11.8 Å². The second kappa shape index (κ2) is 5.31. The number of fused-ring (bicyclic) bond motifs is 1. The minimum atomic E-state index is -0.144. The summed E-state index contributed by atoms with van der Waals surface area (Å²) >= 11 is 0. The Morgan fingerprint density at radius 3 is 2.60 bits per heavy atom. The third kappa shape index (κ3) is 3.18. The Morgan fingerprint density at radius 2 is 1.87 bits per heavy atom. The van der Waals surface area contributed by atoms with Gasteiger partial charge in [0.25, 0.3) is 0 Å². The summed E-state index contributed by atoms with van der Waals surface area (Å²) in [6.07, 6.45) is 10.0. The van der Waals surface area contributed by atoms with E-state index >= 15 is 0 Å². The summed E-state index contributed by atoms with van der Waals surface area (Å²) in [6.45, 7) is 2.78. The summed E-state index contributed by atoms with van der Waals surface area (Å²) in [5, 5.41) is 11.7. The molecule has 2 aliphatic rings. The van der Waals surface area contributed by atoms with E-state index in [0.717, 1.165) is 24.4 Å². The third-order valence-electron chi connectivity index (χ3n) is 4.39. The van der Waals surface area contributed by atoms with Gasteiger partial charge in [0.05, 0.1) is 12.1 Å². The van der Waals surface area contributed by atoms with Gasteiger partial charge in [0.15, 0.2) is 0 Å². The summed E-state index contributed by atoms with van der Waals surface area (Å²) in [6, 6.07) is 0.805. The van der Waals surface area contributed by atoms with Crippen LogP contribution in [0.5, 0.6) is 0 Å². The van der Waals surface area contributed by atoms with Crippen LogP contribution in [0.4, 0.5) is 0 Å². The highest BCUT2D eigenvalue weighted by Gasteiger charge is 2.33. The van der Waals surface area contributed by atoms with Crippen LogP contribution in [0, 0.1) is 11.8 Å². The van der Waals surface area contributed by atoms with E-state index in [-0.39, 0.29) is 6.10 Å². The van der Waals surface area contributed by atoms with E-state index in [4.69, 9.17) is 0 Å². The average Bonchev–Trinajstić information content (AvgIpc) is 2.26. The number of rotatable bonds is 3. The van der Waals surface area contributed by atoms with Crippen LogP contribution in [0.15, 0.2) is 0 Å². The van der Waals surface area contributed by atoms with Crippen molar-refractivity contribution in [2.45, 2.75) is 64.0 Å². The Hall–Kier alpha value is -0.0800. The number of aliphatic hydroxyl groups excluding tert-OH is 1. The highest BCUT2D eigenvalue weighted by molar-refractivity contribution is 4.82. The molecule has 0 aromatic rings. The first-order valence-corrected chi connectivity index (χ1v) is 6.77. The molecular weight excluding hydrogens is 186 g/mol. The highest BCUT2D eigenvalue weighted by Crippen LogP contribution is 2.39. The molecule has 3 N–H and O–H groups in total. The van der Waals surface area contributed by atoms with Crippen LogP contribution in [0.3, 0.4) is 0 Å². The molecule has 0 saturated heterocycles. The lowest BCUT2D eigenvalue weighted by molar-refractivity contribution is -0.698. The minimum Gasteiger partial charge on any atom is -0.388 e. The van der Waals surface area contributed by atoms with Crippen molar-refractivity contribution in [2.75, 3.05) is 6.54 Å². The molecule has 0 radical (unpaired) electrons. The summed E-state index contributed by atoms with van der Waals surface area (Å²) in [7, 11) is 0. The molecule has 0 amide bonds. The van der Waals surface area contributed by atoms with Gasteiger partial charge < -0.3 is 10.4 Å². The van der Waals surface area contributed by atoms with Gasteiger partial charge >= 0.3 is 0 Å². The van der Waals surface area contributed by atoms with Crippen LogP contribution in [-0.2, 0) is 0 Å². The van der Waals surface area contributed by atoms with E-state index in [9.17, 15) is 5.11 Å². The quantitative estimate of drug-likeness (QED) is 0.727. The molecule has 88 valence electrons. The Kier molecular flexibility index (Phi) is 4.04. The van der Waals surface area contributed by atoms with Crippen LogP contribution in [0.2, 0.25) is 0 Å². The fourth-order valence-electron chi connectivity index (χ4n) is 3.51. The molecule has 2 nitrogen and oxygen atoms in total. The molecule has 0 aromatic heterocycles. The molecule has 15 heavy (non-hydrogen) atoms. The van der Waals surface area contributed by atoms with Crippen LogP contribution < -0.4 is 5.32 Å². The molecule has 0 spiro atoms. The predicted octanol–water partition coefficient (Wildman–Crippen LogP) is 1.29. The number of hydrogen-bond acceptors (Lipinski definition) is 1. The molecule has 0 bridgehead atoms. The van der Waals surface area contributed by atoms with Crippen molar-refractivity contribution in [1.82, 2.24) is 0 Å². The van der Waals surface area contributed by atoms with E-state index in [1.165, 1.54) is 44.9 Å². The molecule has 0 heterocycles. The first-order valence-electron chi connectivity index (χ1n) is 6.77. The van der Waals surface area contributed by atoms with Crippen LogP contribution in [-0.4, -0.2) is 23.8 Å². The molecule has 2 heteroatoms. The monoisotopic (exact) mass is 212 g/mol. The Bertz CT molecular complexity index is 193. The molecule has 2 aliphatic carbocycles. The summed E-state index contributed by atoms with van der Waals surface area (Å²) in [5.41, 5.74) is 0. The Balaban J connectivity index is 1.75. The molecule has 0 aliphatic heterocycles. The van der Waals surface area contributed by atoms with Crippen molar-refractivity contribution in [3.63, 3.8) is 0 Å².